The number of nitrogen functional groups attached to an aromatic ring is 1. The van der Waals surface area contributed by atoms with Gasteiger partial charge in [-0.15, -0.1) is 0 Å². The first-order valence-corrected chi connectivity index (χ1v) is 5.86. The lowest BCUT2D eigenvalue weighted by Gasteiger charge is -2.02. The number of aryl methyl sites for hydroxylation is 1. The molecule has 0 saturated carbocycles. The number of hydrogen-bond acceptors (Lipinski definition) is 3. The molecular weight excluding hydrogens is 174 g/mol. The quantitative estimate of drug-likeness (QED) is 0.566. The Hall–Kier alpha value is -0.280. The fraction of sp³-hybridized carbons (Fsp3) is 0.250. The number of anilines is 1. The first-order chi connectivity index (χ1) is 5.24. The summed E-state index contributed by atoms with van der Waals surface area (Å²) in [5, 5.41) is 0. The largest absolute Gasteiger partial charge is 0.398 e. The Morgan fingerprint density at radius 3 is 2.73 bits per heavy atom. The molecule has 0 aliphatic heterocycles. The first-order valence-electron chi connectivity index (χ1n) is 3.31. The van der Waals surface area contributed by atoms with E-state index in [9.17, 15) is 0 Å². The Morgan fingerprint density at radius 1 is 1.36 bits per heavy atom. The molecule has 0 fully saturated rings. The van der Waals surface area contributed by atoms with Crippen LogP contribution in [0.25, 0.3) is 0 Å². The summed E-state index contributed by atoms with van der Waals surface area (Å²) in [5.74, 6) is 0. The fourth-order valence-corrected chi connectivity index (χ4v) is 2.35. The van der Waals surface area contributed by atoms with Crippen LogP contribution in [-0.2, 0) is 0 Å². The lowest BCUT2D eigenvalue weighted by molar-refractivity contribution is 1.37. The Morgan fingerprint density at radius 2 is 2.09 bits per heavy atom. The molecule has 0 amide bonds. The second kappa shape index (κ2) is 3.93. The van der Waals surface area contributed by atoms with E-state index in [1.165, 1.54) is 5.56 Å². The molecule has 1 nitrogen and oxygen atoms in total. The number of hydrogen-bond donors (Lipinski definition) is 1. The maximum absolute atomic E-state index is 5.74. The summed E-state index contributed by atoms with van der Waals surface area (Å²) in [4.78, 5) is 1.16. The fourth-order valence-electron chi connectivity index (χ4n) is 0.804. The van der Waals surface area contributed by atoms with Crippen molar-refractivity contribution in [2.24, 2.45) is 0 Å². The SMILES string of the molecule is CSSc1cc(C)ccc1N. The van der Waals surface area contributed by atoms with E-state index >= 15 is 0 Å². The van der Waals surface area contributed by atoms with Crippen LogP contribution in [0.4, 0.5) is 5.69 Å². The topological polar surface area (TPSA) is 26.0 Å². The minimum atomic E-state index is 0.870. The average molecular weight is 185 g/mol. The third-order valence-corrected chi connectivity index (χ3v) is 3.08. The second-order valence-electron chi connectivity index (χ2n) is 2.29. The van der Waals surface area contributed by atoms with E-state index in [-0.39, 0.29) is 0 Å². The molecule has 11 heavy (non-hydrogen) atoms. The Balaban J connectivity index is 2.93. The van der Waals surface area contributed by atoms with Gasteiger partial charge in [0.1, 0.15) is 0 Å². The molecule has 1 aromatic carbocycles. The van der Waals surface area contributed by atoms with Crippen molar-refractivity contribution >= 4 is 27.3 Å². The zero-order valence-corrected chi connectivity index (χ0v) is 8.26. The zero-order valence-electron chi connectivity index (χ0n) is 6.63. The van der Waals surface area contributed by atoms with Gasteiger partial charge in [0.05, 0.1) is 0 Å². The van der Waals surface area contributed by atoms with Crippen LogP contribution in [0.2, 0.25) is 0 Å². The van der Waals surface area contributed by atoms with Crippen molar-refractivity contribution in [3.63, 3.8) is 0 Å². The molecule has 2 N–H and O–H groups in total. The highest BCUT2D eigenvalue weighted by Crippen LogP contribution is 2.33. The summed E-state index contributed by atoms with van der Waals surface area (Å²) in [6.07, 6.45) is 2.05. The van der Waals surface area contributed by atoms with Crippen molar-refractivity contribution in [2.75, 3.05) is 12.0 Å². The highest BCUT2D eigenvalue weighted by atomic mass is 33.1. The van der Waals surface area contributed by atoms with Crippen LogP contribution in [0.5, 0.6) is 0 Å². The summed E-state index contributed by atoms with van der Waals surface area (Å²) >= 11 is 0. The summed E-state index contributed by atoms with van der Waals surface area (Å²) in [7, 11) is 3.42. The van der Waals surface area contributed by atoms with Crippen molar-refractivity contribution in [3.05, 3.63) is 23.8 Å². The van der Waals surface area contributed by atoms with Gasteiger partial charge >= 0.3 is 0 Å². The van der Waals surface area contributed by atoms with Crippen LogP contribution in [-0.4, -0.2) is 6.26 Å². The van der Waals surface area contributed by atoms with Gasteiger partial charge in [-0.05, 0) is 30.9 Å². The molecule has 0 spiro atoms. The highest BCUT2D eigenvalue weighted by Gasteiger charge is 1.97. The third kappa shape index (κ3) is 2.34. The normalized spacial score (nSPS) is 10.0. The molecule has 1 rings (SSSR count). The van der Waals surface area contributed by atoms with Crippen molar-refractivity contribution in [1.29, 1.82) is 0 Å². The molecule has 0 atom stereocenters. The maximum Gasteiger partial charge on any atom is 0.0461 e. The molecule has 1 aromatic rings. The van der Waals surface area contributed by atoms with Gasteiger partial charge in [0, 0.05) is 10.6 Å². The summed E-state index contributed by atoms with van der Waals surface area (Å²) < 4.78 is 0. The molecule has 0 unspecified atom stereocenters. The predicted octanol–water partition coefficient (Wildman–Crippen LogP) is 2.95. The van der Waals surface area contributed by atoms with Gasteiger partial charge < -0.3 is 5.73 Å². The molecule has 60 valence electrons. The van der Waals surface area contributed by atoms with Gasteiger partial charge in [0.25, 0.3) is 0 Å². The predicted molar refractivity (Wildman–Crippen MR) is 55.0 cm³/mol. The van der Waals surface area contributed by atoms with Crippen LogP contribution < -0.4 is 5.73 Å². The summed E-state index contributed by atoms with van der Waals surface area (Å²) in [5.41, 5.74) is 7.87. The third-order valence-electron chi connectivity index (χ3n) is 1.34. The Labute approximate surface area is 75.1 Å². The van der Waals surface area contributed by atoms with Crippen LogP contribution in [0.3, 0.4) is 0 Å². The van der Waals surface area contributed by atoms with E-state index < -0.39 is 0 Å². The van der Waals surface area contributed by atoms with Gasteiger partial charge in [0.2, 0.25) is 0 Å². The van der Waals surface area contributed by atoms with E-state index in [1.54, 1.807) is 21.6 Å². The average Bonchev–Trinajstić information content (AvgIpc) is 1.98. The molecule has 0 radical (unpaired) electrons. The number of benzene rings is 1. The van der Waals surface area contributed by atoms with Crippen molar-refractivity contribution in [2.45, 2.75) is 11.8 Å². The Bertz CT molecular complexity index is 248. The first kappa shape index (κ1) is 8.81. The van der Waals surface area contributed by atoms with Crippen molar-refractivity contribution < 1.29 is 0 Å². The van der Waals surface area contributed by atoms with E-state index in [4.69, 9.17) is 5.73 Å². The monoisotopic (exact) mass is 185 g/mol. The van der Waals surface area contributed by atoms with E-state index in [1.807, 2.05) is 18.4 Å². The lowest BCUT2D eigenvalue weighted by Crippen LogP contribution is -1.87. The van der Waals surface area contributed by atoms with Crippen molar-refractivity contribution in [1.82, 2.24) is 0 Å². The molecule has 0 bridgehead atoms. The lowest BCUT2D eigenvalue weighted by atomic mass is 10.2. The van der Waals surface area contributed by atoms with E-state index in [2.05, 4.69) is 13.0 Å². The van der Waals surface area contributed by atoms with Gasteiger partial charge in [-0.2, -0.15) is 0 Å². The van der Waals surface area contributed by atoms with Crippen LogP contribution in [0.1, 0.15) is 5.56 Å². The molecular formula is C8H11NS2. The zero-order chi connectivity index (χ0) is 8.27. The van der Waals surface area contributed by atoms with Gasteiger partial charge in [-0.3, -0.25) is 0 Å². The van der Waals surface area contributed by atoms with Gasteiger partial charge in [0.15, 0.2) is 0 Å². The molecule has 3 heteroatoms. The standard InChI is InChI=1S/C8H11NS2/c1-6-3-4-7(9)8(5-6)11-10-2/h3-5H,9H2,1-2H3. The second-order valence-corrected chi connectivity index (χ2v) is 4.73. The van der Waals surface area contributed by atoms with Gasteiger partial charge in [-0.1, -0.05) is 27.7 Å². The van der Waals surface area contributed by atoms with Crippen LogP contribution in [0, 0.1) is 6.92 Å². The smallest absolute Gasteiger partial charge is 0.0461 e. The van der Waals surface area contributed by atoms with E-state index in [0.717, 1.165) is 10.6 Å². The number of rotatable bonds is 2. The summed E-state index contributed by atoms with van der Waals surface area (Å²) in [6.45, 7) is 2.07. The minimum absolute atomic E-state index is 0.870. The number of nitrogens with two attached hydrogens (primary N) is 1. The molecule has 0 heterocycles. The molecule has 0 aliphatic carbocycles. The Kier molecular flexibility index (Phi) is 3.15. The highest BCUT2D eigenvalue weighted by molar-refractivity contribution is 8.76. The van der Waals surface area contributed by atoms with Crippen LogP contribution >= 0.6 is 21.6 Å². The maximum atomic E-state index is 5.74. The van der Waals surface area contributed by atoms with Gasteiger partial charge in [-0.25, -0.2) is 0 Å². The molecule has 0 aliphatic rings. The van der Waals surface area contributed by atoms with Crippen LogP contribution in [0.15, 0.2) is 23.1 Å². The minimum Gasteiger partial charge on any atom is -0.398 e. The molecule has 0 saturated heterocycles. The molecule has 0 aromatic heterocycles. The van der Waals surface area contributed by atoms with Crippen molar-refractivity contribution in [3.8, 4) is 0 Å². The van der Waals surface area contributed by atoms with E-state index in [0.29, 0.717) is 0 Å². The summed E-state index contributed by atoms with van der Waals surface area (Å²) in [6, 6.07) is 6.09.